The fraction of sp³-hybridized carbons (Fsp3) is 0.667. The van der Waals surface area contributed by atoms with Crippen molar-refractivity contribution in [2.24, 2.45) is 0 Å². The molecule has 1 atom stereocenters. The number of aromatic amines is 1. The zero-order valence-corrected chi connectivity index (χ0v) is 14.8. The van der Waals surface area contributed by atoms with Gasteiger partial charge in [-0.05, 0) is 39.2 Å². The third-order valence-corrected chi connectivity index (χ3v) is 6.16. The minimum absolute atomic E-state index is 0.286. The molecule has 1 N–H and O–H groups in total. The number of nitrogens with one attached hydrogen (secondary N) is 1. The summed E-state index contributed by atoms with van der Waals surface area (Å²) in [5, 5.41) is 9.04. The van der Waals surface area contributed by atoms with Gasteiger partial charge in [-0.2, -0.15) is 5.10 Å². The van der Waals surface area contributed by atoms with E-state index in [0.29, 0.717) is 5.15 Å². The first-order valence-electron chi connectivity index (χ1n) is 8.24. The number of anilines is 1. The highest BCUT2D eigenvalue weighted by Gasteiger charge is 2.30. The number of rotatable bonds is 4. The molecule has 8 heteroatoms. The van der Waals surface area contributed by atoms with Crippen LogP contribution in [-0.4, -0.2) is 44.7 Å². The molecular formula is C15H21ClN6S. The molecule has 4 rings (SSSR count). The van der Waals surface area contributed by atoms with Crippen molar-refractivity contribution in [2.45, 2.75) is 45.2 Å². The van der Waals surface area contributed by atoms with Crippen molar-refractivity contribution in [3.8, 4) is 0 Å². The van der Waals surface area contributed by atoms with Crippen LogP contribution in [0.5, 0.6) is 0 Å². The molecule has 0 aliphatic carbocycles. The van der Waals surface area contributed by atoms with Crippen LogP contribution in [-0.2, 0) is 6.54 Å². The van der Waals surface area contributed by atoms with Gasteiger partial charge in [0, 0.05) is 19.6 Å². The zero-order chi connectivity index (χ0) is 15.8. The average molecular weight is 353 g/mol. The highest BCUT2D eigenvalue weighted by molar-refractivity contribution is 7.16. The third kappa shape index (κ3) is 3.09. The summed E-state index contributed by atoms with van der Waals surface area (Å²) in [6.45, 7) is 6.05. The van der Waals surface area contributed by atoms with Crippen molar-refractivity contribution in [3.05, 3.63) is 21.7 Å². The fourth-order valence-corrected chi connectivity index (χ4v) is 4.80. The predicted octanol–water partition coefficient (Wildman–Crippen LogP) is 3.16. The second-order valence-corrected chi connectivity index (χ2v) is 7.73. The molecule has 0 spiro atoms. The molecule has 0 bridgehead atoms. The van der Waals surface area contributed by atoms with Gasteiger partial charge in [-0.3, -0.25) is 10.00 Å². The van der Waals surface area contributed by atoms with E-state index in [1.165, 1.54) is 19.3 Å². The van der Waals surface area contributed by atoms with E-state index in [1.54, 1.807) is 11.3 Å². The Kier molecular flexibility index (Phi) is 4.26. The molecule has 6 nitrogen and oxygen atoms in total. The molecule has 0 unspecified atom stereocenters. The van der Waals surface area contributed by atoms with E-state index in [9.17, 15) is 0 Å². The molecule has 23 heavy (non-hydrogen) atoms. The summed E-state index contributed by atoms with van der Waals surface area (Å²) in [5.41, 5.74) is 0. The first kappa shape index (κ1) is 15.4. The lowest BCUT2D eigenvalue weighted by atomic mass is 10.2. The van der Waals surface area contributed by atoms with Crippen LogP contribution in [0.2, 0.25) is 5.15 Å². The van der Waals surface area contributed by atoms with E-state index in [-0.39, 0.29) is 6.04 Å². The predicted molar refractivity (Wildman–Crippen MR) is 92.1 cm³/mol. The number of nitrogens with zero attached hydrogens (tertiary/aromatic N) is 5. The van der Waals surface area contributed by atoms with Gasteiger partial charge in [0.1, 0.15) is 11.0 Å². The van der Waals surface area contributed by atoms with Crippen molar-refractivity contribution in [1.29, 1.82) is 0 Å². The van der Waals surface area contributed by atoms with Crippen molar-refractivity contribution < 1.29 is 0 Å². The topological polar surface area (TPSA) is 60.9 Å². The van der Waals surface area contributed by atoms with Gasteiger partial charge in [0.25, 0.3) is 0 Å². The number of hydrogen-bond acceptors (Lipinski definition) is 6. The Hall–Kier alpha value is -1.18. The van der Waals surface area contributed by atoms with E-state index in [2.05, 4.69) is 30.0 Å². The Morgan fingerprint density at radius 1 is 1.22 bits per heavy atom. The van der Waals surface area contributed by atoms with E-state index in [1.807, 2.05) is 6.92 Å². The van der Waals surface area contributed by atoms with Gasteiger partial charge in [0.2, 0.25) is 0 Å². The second-order valence-electron chi connectivity index (χ2n) is 6.31. The van der Waals surface area contributed by atoms with E-state index < -0.39 is 0 Å². The largest absolute Gasteiger partial charge is 0.348 e. The standard InChI is InChI=1S/C15H21ClN6S/c1-10-17-14(20-19-10)11-5-4-8-22(11)9-12-13(16)18-15(23-12)21-6-2-3-7-21/h11H,2-9H2,1H3,(H,17,19,20)/t11-/m0/s1. The minimum atomic E-state index is 0.286. The highest BCUT2D eigenvalue weighted by Crippen LogP contribution is 2.36. The maximum absolute atomic E-state index is 6.41. The van der Waals surface area contributed by atoms with Gasteiger partial charge in [-0.25, -0.2) is 9.97 Å². The quantitative estimate of drug-likeness (QED) is 0.915. The van der Waals surface area contributed by atoms with Crippen LogP contribution in [0.15, 0.2) is 0 Å². The molecule has 2 fully saturated rings. The summed E-state index contributed by atoms with van der Waals surface area (Å²) in [4.78, 5) is 15.0. The lowest BCUT2D eigenvalue weighted by Gasteiger charge is -2.21. The van der Waals surface area contributed by atoms with E-state index in [0.717, 1.165) is 54.3 Å². The third-order valence-electron chi connectivity index (χ3n) is 4.64. The van der Waals surface area contributed by atoms with Gasteiger partial charge in [0.05, 0.1) is 10.9 Å². The Balaban J connectivity index is 1.50. The summed E-state index contributed by atoms with van der Waals surface area (Å²) in [6, 6.07) is 0.286. The van der Waals surface area contributed by atoms with Gasteiger partial charge >= 0.3 is 0 Å². The zero-order valence-electron chi connectivity index (χ0n) is 13.3. The molecule has 0 radical (unpaired) electrons. The Morgan fingerprint density at radius 2 is 2.04 bits per heavy atom. The molecule has 2 aromatic heterocycles. The van der Waals surface area contributed by atoms with Gasteiger partial charge in [-0.1, -0.05) is 22.9 Å². The molecule has 2 aliphatic heterocycles. The van der Waals surface area contributed by atoms with Crippen LogP contribution in [0.3, 0.4) is 0 Å². The van der Waals surface area contributed by atoms with Crippen LogP contribution in [0, 0.1) is 6.92 Å². The molecule has 124 valence electrons. The van der Waals surface area contributed by atoms with Gasteiger partial charge < -0.3 is 4.90 Å². The summed E-state index contributed by atoms with van der Waals surface area (Å²) in [7, 11) is 0. The molecule has 0 aromatic carbocycles. The number of halogens is 1. The van der Waals surface area contributed by atoms with E-state index >= 15 is 0 Å². The fourth-order valence-electron chi connectivity index (χ4n) is 3.46. The number of hydrogen-bond donors (Lipinski definition) is 1. The Morgan fingerprint density at radius 3 is 2.78 bits per heavy atom. The minimum Gasteiger partial charge on any atom is -0.348 e. The number of thiazole rings is 1. The maximum Gasteiger partial charge on any atom is 0.187 e. The summed E-state index contributed by atoms with van der Waals surface area (Å²) >= 11 is 8.15. The molecule has 0 saturated carbocycles. The first-order valence-corrected chi connectivity index (χ1v) is 9.43. The van der Waals surface area contributed by atoms with Crippen LogP contribution in [0.4, 0.5) is 5.13 Å². The van der Waals surface area contributed by atoms with Gasteiger partial charge in [0.15, 0.2) is 11.0 Å². The summed E-state index contributed by atoms with van der Waals surface area (Å²) < 4.78 is 0. The molecule has 2 aliphatic rings. The first-order chi connectivity index (χ1) is 11.2. The van der Waals surface area contributed by atoms with Crippen LogP contribution in [0.1, 0.15) is 48.3 Å². The normalized spacial score (nSPS) is 22.3. The Bertz CT molecular complexity index is 677. The number of likely N-dealkylation sites (tertiary alicyclic amines) is 1. The monoisotopic (exact) mass is 352 g/mol. The van der Waals surface area contributed by atoms with E-state index in [4.69, 9.17) is 11.6 Å². The van der Waals surface area contributed by atoms with Crippen LogP contribution in [0.25, 0.3) is 0 Å². The molecule has 4 heterocycles. The summed E-state index contributed by atoms with van der Waals surface area (Å²) in [5.74, 6) is 1.78. The second kappa shape index (κ2) is 6.37. The van der Waals surface area contributed by atoms with Crippen molar-refractivity contribution >= 4 is 28.1 Å². The highest BCUT2D eigenvalue weighted by atomic mass is 35.5. The van der Waals surface area contributed by atoms with Crippen LogP contribution < -0.4 is 4.90 Å². The molecular weight excluding hydrogens is 332 g/mol. The Labute approximate surface area is 144 Å². The number of H-pyrrole nitrogens is 1. The van der Waals surface area contributed by atoms with Gasteiger partial charge in [-0.15, -0.1) is 0 Å². The number of aromatic nitrogens is 4. The van der Waals surface area contributed by atoms with Crippen molar-refractivity contribution in [1.82, 2.24) is 25.1 Å². The smallest absolute Gasteiger partial charge is 0.187 e. The molecule has 0 amide bonds. The maximum atomic E-state index is 6.41. The lowest BCUT2D eigenvalue weighted by molar-refractivity contribution is 0.242. The van der Waals surface area contributed by atoms with Crippen molar-refractivity contribution in [3.63, 3.8) is 0 Å². The molecule has 2 saturated heterocycles. The SMILES string of the molecule is Cc1nc([C@@H]2CCCN2Cc2sc(N3CCCC3)nc2Cl)n[nH]1. The van der Waals surface area contributed by atoms with Crippen LogP contribution >= 0.6 is 22.9 Å². The average Bonchev–Trinajstić information content (AvgIpc) is 3.28. The number of aryl methyl sites for hydroxylation is 1. The summed E-state index contributed by atoms with van der Waals surface area (Å²) in [6.07, 6.45) is 4.79. The molecule has 2 aromatic rings. The van der Waals surface area contributed by atoms with Crippen molar-refractivity contribution in [2.75, 3.05) is 24.5 Å². The lowest BCUT2D eigenvalue weighted by Crippen LogP contribution is -2.23.